The fraction of sp³-hybridized carbons (Fsp3) is 0.263. The van der Waals surface area contributed by atoms with E-state index in [1.807, 2.05) is 30.3 Å². The highest BCUT2D eigenvalue weighted by atomic mass is 19.4. The van der Waals surface area contributed by atoms with E-state index in [2.05, 4.69) is 20.6 Å². The third kappa shape index (κ3) is 4.61. The van der Waals surface area contributed by atoms with Crippen molar-refractivity contribution in [2.24, 2.45) is 5.16 Å². The number of benzene rings is 2. The molecule has 0 fully saturated rings. The first-order chi connectivity index (χ1) is 13.3. The Kier molecular flexibility index (Phi) is 5.55. The summed E-state index contributed by atoms with van der Waals surface area (Å²) < 4.78 is 38.3. The number of alkyl halides is 3. The van der Waals surface area contributed by atoms with Crippen molar-refractivity contribution in [1.29, 1.82) is 0 Å². The van der Waals surface area contributed by atoms with E-state index in [4.69, 9.17) is 0 Å². The minimum atomic E-state index is -4.94. The van der Waals surface area contributed by atoms with Crippen molar-refractivity contribution in [3.63, 3.8) is 0 Å². The van der Waals surface area contributed by atoms with Crippen LogP contribution in [0.25, 0.3) is 0 Å². The molecule has 0 aliphatic carbocycles. The van der Waals surface area contributed by atoms with Gasteiger partial charge in [-0.3, -0.25) is 0 Å². The van der Waals surface area contributed by atoms with E-state index in [0.29, 0.717) is 12.1 Å². The van der Waals surface area contributed by atoms with Crippen molar-refractivity contribution >= 4 is 11.7 Å². The molecule has 6 nitrogen and oxygen atoms in total. The summed E-state index contributed by atoms with van der Waals surface area (Å²) in [6.07, 6.45) is -5.72. The number of nitrogens with one attached hydrogen (secondary N) is 2. The second-order valence-corrected chi connectivity index (χ2v) is 6.31. The van der Waals surface area contributed by atoms with E-state index in [1.54, 1.807) is 24.3 Å². The Morgan fingerprint density at radius 2 is 1.61 bits per heavy atom. The van der Waals surface area contributed by atoms with Crippen molar-refractivity contribution in [3.05, 3.63) is 71.3 Å². The average Bonchev–Trinajstić information content (AvgIpc) is 3.09. The zero-order chi connectivity index (χ0) is 20.2. The van der Waals surface area contributed by atoms with Crippen LogP contribution in [0.2, 0.25) is 0 Å². The van der Waals surface area contributed by atoms with Crippen molar-refractivity contribution in [2.75, 3.05) is 0 Å². The van der Waals surface area contributed by atoms with Crippen molar-refractivity contribution in [2.45, 2.75) is 31.5 Å². The molecule has 2 aromatic carbocycles. The molecule has 0 radical (unpaired) electrons. The summed E-state index contributed by atoms with van der Waals surface area (Å²) in [6, 6.07) is 15.5. The van der Waals surface area contributed by atoms with Crippen molar-refractivity contribution in [3.8, 4) is 0 Å². The number of oxime groups is 1. The molecule has 1 aliphatic heterocycles. The standard InChI is InChI=1S/C19H18F3N3O3/c20-19(21,22)18(27)10-16(25-28-18)15-8-6-14(7-9-15)12-24-17(26)23-11-13-4-2-1-3-5-13/h1-9,27H,10-12H2,(H2,23,24,26). The number of hydrogen-bond donors (Lipinski definition) is 3. The number of aliphatic hydroxyl groups is 1. The Bertz CT molecular complexity index is 854. The molecule has 9 heteroatoms. The van der Waals surface area contributed by atoms with Gasteiger partial charge in [0.05, 0.1) is 12.1 Å². The fourth-order valence-corrected chi connectivity index (χ4v) is 2.57. The molecule has 3 N–H and O–H groups in total. The van der Waals surface area contributed by atoms with E-state index in [0.717, 1.165) is 11.1 Å². The van der Waals surface area contributed by atoms with Gasteiger partial charge in [-0.05, 0) is 16.7 Å². The Hall–Kier alpha value is -3.07. The van der Waals surface area contributed by atoms with Gasteiger partial charge in [-0.2, -0.15) is 13.2 Å². The fourth-order valence-electron chi connectivity index (χ4n) is 2.57. The molecule has 0 bridgehead atoms. The lowest BCUT2D eigenvalue weighted by molar-refractivity contribution is -0.355. The van der Waals surface area contributed by atoms with Crippen LogP contribution in [-0.2, 0) is 17.9 Å². The van der Waals surface area contributed by atoms with Gasteiger partial charge in [-0.25, -0.2) is 4.79 Å². The van der Waals surface area contributed by atoms with Crippen LogP contribution >= 0.6 is 0 Å². The maximum Gasteiger partial charge on any atom is 0.458 e. The highest BCUT2D eigenvalue weighted by molar-refractivity contribution is 6.01. The Balaban J connectivity index is 1.49. The first-order valence-electron chi connectivity index (χ1n) is 8.46. The molecule has 148 valence electrons. The molecule has 1 atom stereocenters. The lowest BCUT2D eigenvalue weighted by Crippen LogP contribution is -2.45. The van der Waals surface area contributed by atoms with Crippen LogP contribution in [0.5, 0.6) is 0 Å². The number of rotatable bonds is 5. The van der Waals surface area contributed by atoms with E-state index in [-0.39, 0.29) is 18.3 Å². The molecule has 1 heterocycles. The lowest BCUT2D eigenvalue weighted by Gasteiger charge is -2.22. The summed E-state index contributed by atoms with van der Waals surface area (Å²) >= 11 is 0. The van der Waals surface area contributed by atoms with Crippen LogP contribution in [0.15, 0.2) is 59.8 Å². The molecule has 1 unspecified atom stereocenters. The minimum absolute atomic E-state index is 0.0000571. The van der Waals surface area contributed by atoms with Gasteiger partial charge in [0.1, 0.15) is 0 Å². The summed E-state index contributed by atoms with van der Waals surface area (Å²) in [6.45, 7) is 0.643. The van der Waals surface area contributed by atoms with E-state index >= 15 is 0 Å². The van der Waals surface area contributed by atoms with Gasteiger partial charge in [0.2, 0.25) is 0 Å². The van der Waals surface area contributed by atoms with Crippen LogP contribution in [0.1, 0.15) is 23.1 Å². The van der Waals surface area contributed by atoms with Crippen LogP contribution in [-0.4, -0.2) is 28.8 Å². The molecule has 0 spiro atoms. The molecule has 3 rings (SSSR count). The zero-order valence-electron chi connectivity index (χ0n) is 14.7. The van der Waals surface area contributed by atoms with Gasteiger partial charge in [0.25, 0.3) is 0 Å². The molecule has 0 saturated heterocycles. The van der Waals surface area contributed by atoms with Gasteiger partial charge in [0, 0.05) is 13.1 Å². The second kappa shape index (κ2) is 7.89. The van der Waals surface area contributed by atoms with Gasteiger partial charge in [0.15, 0.2) is 0 Å². The predicted octanol–water partition coefficient (Wildman–Crippen LogP) is 3.06. The third-order valence-electron chi connectivity index (χ3n) is 4.19. The first-order valence-corrected chi connectivity index (χ1v) is 8.46. The number of halogens is 3. The molecule has 2 aromatic rings. The Morgan fingerprint density at radius 3 is 2.14 bits per heavy atom. The van der Waals surface area contributed by atoms with E-state index < -0.39 is 18.4 Å². The SMILES string of the molecule is O=C(NCc1ccccc1)NCc1ccc(C2=NOC(O)(C(F)(F)F)C2)cc1. The lowest BCUT2D eigenvalue weighted by atomic mass is 10.0. The first kappa shape index (κ1) is 19.7. The third-order valence-corrected chi connectivity index (χ3v) is 4.19. The number of amides is 2. The second-order valence-electron chi connectivity index (χ2n) is 6.31. The molecule has 0 aromatic heterocycles. The number of hydrogen-bond acceptors (Lipinski definition) is 4. The Labute approximate surface area is 159 Å². The minimum Gasteiger partial charge on any atom is -0.350 e. The highest BCUT2D eigenvalue weighted by Crippen LogP contribution is 2.38. The maximum absolute atomic E-state index is 12.8. The zero-order valence-corrected chi connectivity index (χ0v) is 14.7. The number of urea groups is 1. The topological polar surface area (TPSA) is 83.0 Å². The summed E-state index contributed by atoms with van der Waals surface area (Å²) in [4.78, 5) is 16.0. The maximum atomic E-state index is 12.8. The van der Waals surface area contributed by atoms with Crippen LogP contribution < -0.4 is 10.6 Å². The number of nitrogens with zero attached hydrogens (tertiary/aromatic N) is 1. The van der Waals surface area contributed by atoms with Gasteiger partial charge >= 0.3 is 18.0 Å². The molecule has 2 amide bonds. The molecular formula is C19H18F3N3O3. The molecule has 28 heavy (non-hydrogen) atoms. The van der Waals surface area contributed by atoms with E-state index in [1.165, 1.54) is 0 Å². The van der Waals surface area contributed by atoms with E-state index in [9.17, 15) is 23.1 Å². The van der Waals surface area contributed by atoms with Crippen molar-refractivity contribution in [1.82, 2.24) is 10.6 Å². The monoisotopic (exact) mass is 393 g/mol. The smallest absolute Gasteiger partial charge is 0.350 e. The number of carbonyl (C=O) groups excluding carboxylic acids is 1. The molecule has 1 aliphatic rings. The summed E-state index contributed by atoms with van der Waals surface area (Å²) in [7, 11) is 0. The summed E-state index contributed by atoms with van der Waals surface area (Å²) in [5, 5.41) is 18.3. The van der Waals surface area contributed by atoms with Gasteiger partial charge < -0.3 is 20.6 Å². The quantitative estimate of drug-likeness (QED) is 0.730. The molecular weight excluding hydrogens is 375 g/mol. The summed E-state index contributed by atoms with van der Waals surface area (Å²) in [5.74, 6) is -3.29. The van der Waals surface area contributed by atoms with Crippen LogP contribution in [0.3, 0.4) is 0 Å². The van der Waals surface area contributed by atoms with Gasteiger partial charge in [-0.1, -0.05) is 59.8 Å². The number of carbonyl (C=O) groups is 1. The predicted molar refractivity (Wildman–Crippen MR) is 95.2 cm³/mol. The van der Waals surface area contributed by atoms with Gasteiger partial charge in [-0.15, -0.1) is 0 Å². The average molecular weight is 393 g/mol. The largest absolute Gasteiger partial charge is 0.458 e. The highest BCUT2D eigenvalue weighted by Gasteiger charge is 2.60. The molecule has 0 saturated carbocycles. The summed E-state index contributed by atoms with van der Waals surface area (Å²) in [5.41, 5.74) is 2.13. The van der Waals surface area contributed by atoms with Crippen LogP contribution in [0, 0.1) is 0 Å². The van der Waals surface area contributed by atoms with Crippen LogP contribution in [0.4, 0.5) is 18.0 Å². The Morgan fingerprint density at radius 1 is 1.04 bits per heavy atom. The van der Waals surface area contributed by atoms with Crippen molar-refractivity contribution < 1.29 is 27.9 Å². The normalized spacial score (nSPS) is 18.9.